The van der Waals surface area contributed by atoms with Crippen molar-refractivity contribution in [3.63, 3.8) is 0 Å². The number of rotatable bonds is 2. The molecular formula is C12H16BrNO2S. The molecule has 0 aromatic carbocycles. The predicted molar refractivity (Wildman–Crippen MR) is 72.4 cm³/mol. The lowest BCUT2D eigenvalue weighted by Gasteiger charge is -2.48. The Morgan fingerprint density at radius 2 is 2.18 bits per heavy atom. The first-order valence-electron chi connectivity index (χ1n) is 5.61. The quantitative estimate of drug-likeness (QED) is 0.911. The van der Waals surface area contributed by atoms with Crippen LogP contribution in [0.3, 0.4) is 0 Å². The van der Waals surface area contributed by atoms with Crippen molar-refractivity contribution in [1.29, 1.82) is 0 Å². The van der Waals surface area contributed by atoms with Gasteiger partial charge in [-0.3, -0.25) is 4.79 Å². The summed E-state index contributed by atoms with van der Waals surface area (Å²) in [4.78, 5) is 14.5. The zero-order valence-electron chi connectivity index (χ0n) is 10.2. The van der Waals surface area contributed by atoms with Crippen molar-refractivity contribution in [2.45, 2.75) is 26.4 Å². The average molecular weight is 318 g/mol. The third kappa shape index (κ3) is 2.28. The summed E-state index contributed by atoms with van der Waals surface area (Å²) in [7, 11) is 0. The zero-order chi connectivity index (χ0) is 12.8. The van der Waals surface area contributed by atoms with Gasteiger partial charge < -0.3 is 10.0 Å². The number of hydrogen-bond acceptors (Lipinski definition) is 3. The van der Waals surface area contributed by atoms with Gasteiger partial charge in [0.15, 0.2) is 0 Å². The van der Waals surface area contributed by atoms with Crippen LogP contribution in [0, 0.1) is 12.8 Å². The SMILES string of the molecule is Cc1cc(C(=O)N2CC(O)(C(C)C)C2)sc1Br. The van der Waals surface area contributed by atoms with Gasteiger partial charge in [0.05, 0.1) is 21.8 Å². The number of aliphatic hydroxyl groups is 1. The van der Waals surface area contributed by atoms with E-state index in [9.17, 15) is 9.90 Å². The first-order valence-corrected chi connectivity index (χ1v) is 7.22. The van der Waals surface area contributed by atoms with E-state index in [4.69, 9.17) is 0 Å². The molecule has 5 heteroatoms. The van der Waals surface area contributed by atoms with E-state index in [1.165, 1.54) is 11.3 Å². The van der Waals surface area contributed by atoms with Crippen LogP contribution in [0.2, 0.25) is 0 Å². The molecule has 1 N–H and O–H groups in total. The predicted octanol–water partition coefficient (Wildman–Crippen LogP) is 2.66. The van der Waals surface area contributed by atoms with Gasteiger partial charge in [-0.1, -0.05) is 13.8 Å². The monoisotopic (exact) mass is 317 g/mol. The number of halogens is 1. The molecule has 2 heterocycles. The number of hydrogen-bond donors (Lipinski definition) is 1. The van der Waals surface area contributed by atoms with Crippen molar-refractivity contribution in [3.05, 3.63) is 20.3 Å². The van der Waals surface area contributed by atoms with Gasteiger partial charge >= 0.3 is 0 Å². The minimum atomic E-state index is -0.695. The van der Waals surface area contributed by atoms with Crippen molar-refractivity contribution < 1.29 is 9.90 Å². The van der Waals surface area contributed by atoms with Crippen molar-refractivity contribution in [2.75, 3.05) is 13.1 Å². The molecule has 1 aromatic rings. The molecule has 0 radical (unpaired) electrons. The Labute approximate surface area is 114 Å². The van der Waals surface area contributed by atoms with Crippen LogP contribution < -0.4 is 0 Å². The van der Waals surface area contributed by atoms with E-state index in [1.807, 2.05) is 26.8 Å². The van der Waals surface area contributed by atoms with Crippen molar-refractivity contribution >= 4 is 33.2 Å². The molecular weight excluding hydrogens is 302 g/mol. The molecule has 0 bridgehead atoms. The van der Waals surface area contributed by atoms with E-state index in [0.717, 1.165) is 14.2 Å². The van der Waals surface area contributed by atoms with Gasteiger partial charge in [0.1, 0.15) is 5.60 Å². The number of nitrogens with zero attached hydrogens (tertiary/aromatic N) is 1. The average Bonchev–Trinajstić information content (AvgIpc) is 2.53. The van der Waals surface area contributed by atoms with Crippen LogP contribution in [0.5, 0.6) is 0 Å². The third-order valence-corrected chi connectivity index (χ3v) is 5.48. The fourth-order valence-electron chi connectivity index (χ4n) is 1.84. The molecule has 0 atom stereocenters. The van der Waals surface area contributed by atoms with Gasteiger partial charge in [0, 0.05) is 0 Å². The summed E-state index contributed by atoms with van der Waals surface area (Å²) in [5.74, 6) is 0.206. The lowest BCUT2D eigenvalue weighted by atomic mass is 9.83. The minimum Gasteiger partial charge on any atom is -0.386 e. The summed E-state index contributed by atoms with van der Waals surface area (Å²) in [5, 5.41) is 10.1. The fourth-order valence-corrected chi connectivity index (χ4v) is 3.35. The number of β-amino-alcohol motifs (C(OH)–C–C–N with tert-alkyl or cyclic N) is 1. The van der Waals surface area contributed by atoms with Crippen LogP contribution in [0.25, 0.3) is 0 Å². The molecule has 0 aliphatic carbocycles. The van der Waals surface area contributed by atoms with Gasteiger partial charge in [0.2, 0.25) is 0 Å². The van der Waals surface area contributed by atoms with Crippen LogP contribution in [-0.4, -0.2) is 34.6 Å². The standard InChI is InChI=1S/C12H16BrNO2S/c1-7(2)12(16)5-14(6-12)11(15)9-4-8(3)10(13)17-9/h4,7,16H,5-6H2,1-3H3. The second-order valence-corrected chi connectivity index (χ2v) is 7.36. The Kier molecular flexibility index (Phi) is 3.36. The molecule has 0 saturated carbocycles. The smallest absolute Gasteiger partial charge is 0.264 e. The Hall–Kier alpha value is -0.390. The summed E-state index contributed by atoms with van der Waals surface area (Å²) in [6.45, 7) is 6.81. The van der Waals surface area contributed by atoms with Gasteiger partial charge in [-0.15, -0.1) is 11.3 Å². The fraction of sp³-hybridized carbons (Fsp3) is 0.583. The van der Waals surface area contributed by atoms with Crippen LogP contribution in [-0.2, 0) is 0 Å². The maximum atomic E-state index is 12.1. The van der Waals surface area contributed by atoms with E-state index in [2.05, 4.69) is 15.9 Å². The Morgan fingerprint density at radius 3 is 2.59 bits per heavy atom. The Bertz CT molecular complexity index is 430. The second-order valence-electron chi connectivity index (χ2n) is 4.99. The normalized spacial score (nSPS) is 18.4. The summed E-state index contributed by atoms with van der Waals surface area (Å²) >= 11 is 4.87. The number of carbonyl (C=O) groups excluding carboxylic acids is 1. The molecule has 3 nitrogen and oxygen atoms in total. The molecule has 0 spiro atoms. The molecule has 94 valence electrons. The van der Waals surface area contributed by atoms with Crippen LogP contribution in [0.1, 0.15) is 29.1 Å². The van der Waals surface area contributed by atoms with Gasteiger partial charge in [-0.25, -0.2) is 0 Å². The highest BCUT2D eigenvalue weighted by Gasteiger charge is 2.46. The molecule has 1 saturated heterocycles. The van der Waals surface area contributed by atoms with Gasteiger partial charge in [-0.2, -0.15) is 0 Å². The summed E-state index contributed by atoms with van der Waals surface area (Å²) in [6, 6.07) is 1.89. The first-order chi connectivity index (χ1) is 7.83. The largest absolute Gasteiger partial charge is 0.386 e. The van der Waals surface area contributed by atoms with Crippen molar-refractivity contribution in [3.8, 4) is 0 Å². The van der Waals surface area contributed by atoms with Crippen molar-refractivity contribution in [1.82, 2.24) is 4.90 Å². The van der Waals surface area contributed by atoms with Gasteiger partial charge in [-0.05, 0) is 40.4 Å². The maximum absolute atomic E-state index is 12.1. The lowest BCUT2D eigenvalue weighted by molar-refractivity contribution is -0.110. The molecule has 2 rings (SSSR count). The molecule has 1 aliphatic heterocycles. The summed E-state index contributed by atoms with van der Waals surface area (Å²) in [5.41, 5.74) is 0.386. The van der Waals surface area contributed by atoms with E-state index >= 15 is 0 Å². The second kappa shape index (κ2) is 4.37. The highest BCUT2D eigenvalue weighted by molar-refractivity contribution is 9.11. The van der Waals surface area contributed by atoms with E-state index in [-0.39, 0.29) is 11.8 Å². The number of carbonyl (C=O) groups is 1. The zero-order valence-corrected chi connectivity index (χ0v) is 12.6. The van der Waals surface area contributed by atoms with Crippen molar-refractivity contribution in [2.24, 2.45) is 5.92 Å². The molecule has 1 amide bonds. The molecule has 1 aliphatic rings. The Balaban J connectivity index is 2.05. The highest BCUT2D eigenvalue weighted by atomic mass is 79.9. The lowest BCUT2D eigenvalue weighted by Crippen LogP contribution is -2.65. The van der Waals surface area contributed by atoms with Crippen LogP contribution >= 0.6 is 27.3 Å². The number of thiophene rings is 1. The number of likely N-dealkylation sites (tertiary alicyclic amines) is 1. The van der Waals surface area contributed by atoms with E-state index in [1.54, 1.807) is 4.90 Å². The maximum Gasteiger partial charge on any atom is 0.264 e. The topological polar surface area (TPSA) is 40.5 Å². The number of amides is 1. The molecule has 17 heavy (non-hydrogen) atoms. The van der Waals surface area contributed by atoms with E-state index in [0.29, 0.717) is 13.1 Å². The summed E-state index contributed by atoms with van der Waals surface area (Å²) < 4.78 is 1.00. The van der Waals surface area contributed by atoms with Crippen LogP contribution in [0.15, 0.2) is 9.85 Å². The number of aryl methyl sites for hydroxylation is 1. The van der Waals surface area contributed by atoms with E-state index < -0.39 is 5.60 Å². The first kappa shape index (κ1) is 13.1. The molecule has 1 aromatic heterocycles. The third-order valence-electron chi connectivity index (χ3n) is 3.36. The minimum absolute atomic E-state index is 0.0223. The highest BCUT2D eigenvalue weighted by Crippen LogP contribution is 2.33. The van der Waals surface area contributed by atoms with Crippen LogP contribution in [0.4, 0.5) is 0 Å². The molecule has 0 unspecified atom stereocenters. The molecule has 1 fully saturated rings. The van der Waals surface area contributed by atoms with Gasteiger partial charge in [0.25, 0.3) is 5.91 Å². The summed E-state index contributed by atoms with van der Waals surface area (Å²) in [6.07, 6.45) is 0. The Morgan fingerprint density at radius 1 is 1.59 bits per heavy atom.